The third-order valence-corrected chi connectivity index (χ3v) is 4.74. The second kappa shape index (κ2) is 6.12. The van der Waals surface area contributed by atoms with Crippen LogP contribution in [0.3, 0.4) is 0 Å². The Morgan fingerprint density at radius 3 is 2.87 bits per heavy atom. The summed E-state index contributed by atoms with van der Waals surface area (Å²) in [6.45, 7) is 6.07. The molecule has 88 valence electrons. The smallest absolute Gasteiger partial charge is 0.0224 e. The second-order valence-electron chi connectivity index (χ2n) is 4.76. The van der Waals surface area contributed by atoms with Gasteiger partial charge in [0, 0.05) is 24.4 Å². The molecule has 2 unspecified atom stereocenters. The van der Waals surface area contributed by atoms with Gasteiger partial charge in [-0.25, -0.2) is 0 Å². The topological polar surface area (TPSA) is 15.3 Å². The third-order valence-electron chi connectivity index (χ3n) is 3.60. The van der Waals surface area contributed by atoms with E-state index in [1.165, 1.54) is 56.8 Å². The van der Waals surface area contributed by atoms with Gasteiger partial charge in [0.15, 0.2) is 0 Å². The van der Waals surface area contributed by atoms with Crippen molar-refractivity contribution in [1.82, 2.24) is 10.2 Å². The van der Waals surface area contributed by atoms with Crippen molar-refractivity contribution in [2.75, 3.05) is 31.1 Å². The molecule has 0 amide bonds. The molecule has 2 fully saturated rings. The summed E-state index contributed by atoms with van der Waals surface area (Å²) in [6, 6.07) is 1.70. The van der Waals surface area contributed by atoms with E-state index in [-0.39, 0.29) is 0 Å². The van der Waals surface area contributed by atoms with Crippen molar-refractivity contribution in [1.29, 1.82) is 0 Å². The highest BCUT2D eigenvalue weighted by molar-refractivity contribution is 7.99. The molecule has 2 rings (SSSR count). The van der Waals surface area contributed by atoms with Gasteiger partial charge in [0.2, 0.25) is 0 Å². The van der Waals surface area contributed by atoms with Crippen molar-refractivity contribution in [2.45, 2.75) is 44.7 Å². The lowest BCUT2D eigenvalue weighted by Gasteiger charge is -2.38. The minimum Gasteiger partial charge on any atom is -0.315 e. The molecule has 1 N–H and O–H groups in total. The van der Waals surface area contributed by atoms with Gasteiger partial charge in [-0.2, -0.15) is 11.8 Å². The minimum atomic E-state index is 0.822. The first kappa shape index (κ1) is 11.7. The summed E-state index contributed by atoms with van der Waals surface area (Å²) in [5.41, 5.74) is 0. The first-order chi connectivity index (χ1) is 7.42. The number of hydrogen-bond donors (Lipinski definition) is 1. The maximum atomic E-state index is 3.55. The molecule has 0 aliphatic carbocycles. The van der Waals surface area contributed by atoms with Crippen LogP contribution in [0, 0.1) is 0 Å². The summed E-state index contributed by atoms with van der Waals surface area (Å²) < 4.78 is 0. The van der Waals surface area contributed by atoms with Crippen LogP contribution in [0.15, 0.2) is 0 Å². The van der Waals surface area contributed by atoms with Crippen LogP contribution < -0.4 is 5.32 Å². The van der Waals surface area contributed by atoms with Crippen LogP contribution in [-0.2, 0) is 0 Å². The van der Waals surface area contributed by atoms with E-state index in [2.05, 4.69) is 28.9 Å². The van der Waals surface area contributed by atoms with E-state index in [9.17, 15) is 0 Å². The highest BCUT2D eigenvalue weighted by Gasteiger charge is 2.28. The quantitative estimate of drug-likeness (QED) is 0.792. The zero-order valence-electron chi connectivity index (χ0n) is 9.87. The van der Waals surface area contributed by atoms with E-state index in [1.54, 1.807) is 0 Å². The summed E-state index contributed by atoms with van der Waals surface area (Å²) in [6.07, 6.45) is 5.50. The molecule has 0 spiro atoms. The molecule has 2 saturated heterocycles. The average molecular weight is 228 g/mol. The molecule has 0 saturated carbocycles. The van der Waals surface area contributed by atoms with Gasteiger partial charge < -0.3 is 5.32 Å². The Bertz CT molecular complexity index is 174. The van der Waals surface area contributed by atoms with Crippen LogP contribution in [0.4, 0.5) is 0 Å². The molecule has 3 heteroatoms. The van der Waals surface area contributed by atoms with E-state index in [0.29, 0.717) is 0 Å². The predicted octanol–water partition coefficient (Wildman–Crippen LogP) is 1.96. The van der Waals surface area contributed by atoms with Crippen molar-refractivity contribution >= 4 is 11.8 Å². The molecule has 0 aromatic heterocycles. The molecule has 2 aliphatic heterocycles. The SMILES string of the molecule is CCCN(C1CCCNC1)C1CCSC1. The fraction of sp³-hybridized carbons (Fsp3) is 1.00. The van der Waals surface area contributed by atoms with Crippen LogP contribution in [0.1, 0.15) is 32.6 Å². The zero-order valence-corrected chi connectivity index (χ0v) is 10.7. The summed E-state index contributed by atoms with van der Waals surface area (Å²) >= 11 is 2.14. The standard InChI is InChI=1S/C12H24N2S/c1-2-7-14(12-5-8-15-10-12)11-4-3-6-13-9-11/h11-13H,2-10H2,1H3. The Morgan fingerprint density at radius 1 is 1.33 bits per heavy atom. The number of hydrogen-bond acceptors (Lipinski definition) is 3. The first-order valence-electron chi connectivity index (χ1n) is 6.46. The number of piperidine rings is 1. The molecule has 2 atom stereocenters. The van der Waals surface area contributed by atoms with E-state index in [4.69, 9.17) is 0 Å². The van der Waals surface area contributed by atoms with Crippen molar-refractivity contribution in [3.05, 3.63) is 0 Å². The molecular formula is C12H24N2S. The van der Waals surface area contributed by atoms with Crippen molar-refractivity contribution in [3.8, 4) is 0 Å². The van der Waals surface area contributed by atoms with Crippen LogP contribution in [-0.4, -0.2) is 48.1 Å². The lowest BCUT2D eigenvalue weighted by molar-refractivity contribution is 0.124. The van der Waals surface area contributed by atoms with Gasteiger partial charge >= 0.3 is 0 Å². The zero-order chi connectivity index (χ0) is 10.5. The van der Waals surface area contributed by atoms with Gasteiger partial charge in [-0.3, -0.25) is 4.90 Å². The number of nitrogens with zero attached hydrogens (tertiary/aromatic N) is 1. The van der Waals surface area contributed by atoms with Crippen LogP contribution >= 0.6 is 11.8 Å². The fourth-order valence-electron chi connectivity index (χ4n) is 2.82. The average Bonchev–Trinajstić information content (AvgIpc) is 2.80. The van der Waals surface area contributed by atoms with Crippen LogP contribution in [0.5, 0.6) is 0 Å². The van der Waals surface area contributed by atoms with Crippen LogP contribution in [0.25, 0.3) is 0 Å². The molecular weight excluding hydrogens is 204 g/mol. The van der Waals surface area contributed by atoms with Gasteiger partial charge in [0.05, 0.1) is 0 Å². The van der Waals surface area contributed by atoms with Crippen molar-refractivity contribution in [2.24, 2.45) is 0 Å². The van der Waals surface area contributed by atoms with Gasteiger partial charge in [0.25, 0.3) is 0 Å². The Kier molecular flexibility index (Phi) is 4.79. The van der Waals surface area contributed by atoms with Gasteiger partial charge in [-0.1, -0.05) is 6.92 Å². The Morgan fingerprint density at radius 2 is 2.27 bits per heavy atom. The third kappa shape index (κ3) is 3.11. The fourth-order valence-corrected chi connectivity index (χ4v) is 4.06. The number of rotatable bonds is 4. The van der Waals surface area contributed by atoms with Crippen LogP contribution in [0.2, 0.25) is 0 Å². The lowest BCUT2D eigenvalue weighted by Crippen LogP contribution is -2.50. The van der Waals surface area contributed by atoms with E-state index >= 15 is 0 Å². The Labute approximate surface area is 98.2 Å². The molecule has 0 bridgehead atoms. The normalized spacial score (nSPS) is 32.4. The van der Waals surface area contributed by atoms with Crippen molar-refractivity contribution < 1.29 is 0 Å². The van der Waals surface area contributed by atoms with Gasteiger partial charge in [-0.05, 0) is 44.5 Å². The molecule has 0 aromatic carbocycles. The van der Waals surface area contributed by atoms with Gasteiger partial charge in [0.1, 0.15) is 0 Å². The number of thioether (sulfide) groups is 1. The highest BCUT2D eigenvalue weighted by Crippen LogP contribution is 2.25. The highest BCUT2D eigenvalue weighted by atomic mass is 32.2. The Hall–Kier alpha value is 0.270. The molecule has 15 heavy (non-hydrogen) atoms. The summed E-state index contributed by atoms with van der Waals surface area (Å²) in [5.74, 6) is 2.75. The monoisotopic (exact) mass is 228 g/mol. The first-order valence-corrected chi connectivity index (χ1v) is 7.61. The van der Waals surface area contributed by atoms with Crippen molar-refractivity contribution in [3.63, 3.8) is 0 Å². The maximum Gasteiger partial charge on any atom is 0.0224 e. The van der Waals surface area contributed by atoms with Gasteiger partial charge in [-0.15, -0.1) is 0 Å². The molecule has 0 radical (unpaired) electrons. The largest absolute Gasteiger partial charge is 0.315 e. The maximum absolute atomic E-state index is 3.55. The summed E-state index contributed by atoms with van der Waals surface area (Å²) in [7, 11) is 0. The van der Waals surface area contributed by atoms with E-state index in [1.807, 2.05) is 0 Å². The lowest BCUT2D eigenvalue weighted by atomic mass is 10.0. The molecule has 2 heterocycles. The summed E-state index contributed by atoms with van der Waals surface area (Å²) in [5, 5.41) is 3.55. The van der Waals surface area contributed by atoms with E-state index in [0.717, 1.165) is 12.1 Å². The minimum absolute atomic E-state index is 0.822. The molecule has 0 aromatic rings. The van der Waals surface area contributed by atoms with E-state index < -0.39 is 0 Å². The number of nitrogens with one attached hydrogen (secondary N) is 1. The Balaban J connectivity index is 1.90. The molecule has 2 nitrogen and oxygen atoms in total. The predicted molar refractivity (Wildman–Crippen MR) is 68.6 cm³/mol. The summed E-state index contributed by atoms with van der Waals surface area (Å²) in [4.78, 5) is 2.80. The molecule has 2 aliphatic rings. The second-order valence-corrected chi connectivity index (χ2v) is 5.91.